The van der Waals surface area contributed by atoms with Crippen LogP contribution in [0.4, 0.5) is 0 Å². The van der Waals surface area contributed by atoms with Crippen molar-refractivity contribution in [3.05, 3.63) is 33.9 Å². The fourth-order valence-corrected chi connectivity index (χ4v) is 5.44. The van der Waals surface area contributed by atoms with Crippen molar-refractivity contribution in [1.29, 1.82) is 0 Å². The van der Waals surface area contributed by atoms with E-state index in [1.165, 1.54) is 0 Å². The number of hydrogen-bond donors (Lipinski definition) is 0. The third-order valence-electron chi connectivity index (χ3n) is 7.94. The second kappa shape index (κ2) is 12.7. The van der Waals surface area contributed by atoms with Gasteiger partial charge in [0.1, 0.15) is 30.3 Å². The number of methoxy groups -OCH3 is 1. The van der Waals surface area contributed by atoms with Crippen LogP contribution in [0.2, 0.25) is 18.1 Å². The highest BCUT2D eigenvalue weighted by molar-refractivity contribution is 6.74. The van der Waals surface area contributed by atoms with Crippen LogP contribution in [-0.4, -0.2) is 71.7 Å². The summed E-state index contributed by atoms with van der Waals surface area (Å²) >= 11 is 0. The summed E-state index contributed by atoms with van der Waals surface area (Å²) in [7, 11) is -0.622. The first-order valence-corrected chi connectivity index (χ1v) is 16.5. The third kappa shape index (κ3) is 7.18. The first-order valence-electron chi connectivity index (χ1n) is 13.6. The standard InChI is InChI=1S/C29H45NO7Si/c1-20(10-12-24(31)35-18-15-30-13-16-34-17-14-30)9-11-22-26(33-6)21(2)23-19-36-28(32)25(23)27(22)37-38(7,8)29(3,4)5/h9H,10-19H2,1-8H3/b20-9-. The van der Waals surface area contributed by atoms with Gasteiger partial charge in [-0.3, -0.25) is 9.69 Å². The fraction of sp³-hybridized carbons (Fsp3) is 0.655. The minimum absolute atomic E-state index is 0.0499. The van der Waals surface area contributed by atoms with Gasteiger partial charge in [-0.2, -0.15) is 0 Å². The number of carbonyl (C=O) groups is 2. The maximum absolute atomic E-state index is 12.8. The quantitative estimate of drug-likeness (QED) is 0.212. The monoisotopic (exact) mass is 547 g/mol. The summed E-state index contributed by atoms with van der Waals surface area (Å²) in [4.78, 5) is 27.4. The number of rotatable bonds is 11. The number of ether oxygens (including phenoxy) is 4. The van der Waals surface area contributed by atoms with Gasteiger partial charge in [0.2, 0.25) is 0 Å². The van der Waals surface area contributed by atoms with Crippen LogP contribution < -0.4 is 9.16 Å². The number of hydrogen-bond acceptors (Lipinski definition) is 8. The molecule has 0 radical (unpaired) electrons. The summed E-state index contributed by atoms with van der Waals surface area (Å²) in [5.41, 5.74) is 4.18. The van der Waals surface area contributed by atoms with Crippen molar-refractivity contribution in [3.8, 4) is 11.5 Å². The maximum Gasteiger partial charge on any atom is 0.342 e. The van der Waals surface area contributed by atoms with Gasteiger partial charge >= 0.3 is 11.9 Å². The van der Waals surface area contributed by atoms with E-state index < -0.39 is 8.32 Å². The molecule has 1 fully saturated rings. The molecule has 0 aliphatic carbocycles. The molecule has 0 N–H and O–H groups in total. The van der Waals surface area contributed by atoms with E-state index in [0.29, 0.717) is 37.2 Å². The van der Waals surface area contributed by atoms with Gasteiger partial charge in [-0.25, -0.2) is 4.79 Å². The van der Waals surface area contributed by atoms with Crippen molar-refractivity contribution >= 4 is 20.3 Å². The molecular formula is C29H45NO7Si. The van der Waals surface area contributed by atoms with Crippen LogP contribution in [0.15, 0.2) is 11.6 Å². The molecule has 8 nitrogen and oxygen atoms in total. The van der Waals surface area contributed by atoms with Crippen molar-refractivity contribution in [2.45, 2.75) is 78.6 Å². The highest BCUT2D eigenvalue weighted by Gasteiger charge is 2.42. The summed E-state index contributed by atoms with van der Waals surface area (Å²) in [5.74, 6) is 0.772. The predicted octanol–water partition coefficient (Wildman–Crippen LogP) is 5.20. The van der Waals surface area contributed by atoms with Gasteiger partial charge in [-0.05, 0) is 50.4 Å². The molecule has 1 aromatic rings. The molecule has 2 heterocycles. The Labute approximate surface area is 228 Å². The number of morpholine rings is 1. The molecule has 0 atom stereocenters. The Kier molecular flexibility index (Phi) is 10.1. The first-order chi connectivity index (χ1) is 17.9. The number of carbonyl (C=O) groups excluding carboxylic acids is 2. The molecule has 0 amide bonds. The predicted molar refractivity (Wildman–Crippen MR) is 150 cm³/mol. The Morgan fingerprint density at radius 2 is 1.82 bits per heavy atom. The summed E-state index contributed by atoms with van der Waals surface area (Å²) in [5, 5.41) is -0.0499. The average molecular weight is 548 g/mol. The van der Waals surface area contributed by atoms with Crippen LogP contribution in [0.5, 0.6) is 11.5 Å². The number of allylic oxidation sites excluding steroid dienone is 2. The SMILES string of the molecule is COc1c(C)c2c(c(O[Si](C)(C)C(C)(C)C)c1C/C=C(/C)CCC(=O)OCCN1CCOCC1)C(=O)OC2. The largest absolute Gasteiger partial charge is 0.543 e. The lowest BCUT2D eigenvalue weighted by molar-refractivity contribution is -0.144. The van der Waals surface area contributed by atoms with E-state index in [0.717, 1.165) is 60.9 Å². The normalized spacial score (nSPS) is 16.7. The van der Waals surface area contributed by atoms with Crippen LogP contribution in [0, 0.1) is 6.92 Å². The van der Waals surface area contributed by atoms with Gasteiger partial charge in [0, 0.05) is 37.2 Å². The van der Waals surface area contributed by atoms with Crippen molar-refractivity contribution in [2.75, 3.05) is 46.6 Å². The van der Waals surface area contributed by atoms with E-state index in [9.17, 15) is 9.59 Å². The number of esters is 2. The lowest BCUT2D eigenvalue weighted by atomic mass is 9.94. The Hall–Kier alpha value is -2.36. The van der Waals surface area contributed by atoms with Crippen LogP contribution in [0.25, 0.3) is 0 Å². The van der Waals surface area contributed by atoms with Gasteiger partial charge in [-0.15, -0.1) is 0 Å². The molecule has 1 saturated heterocycles. The topological polar surface area (TPSA) is 83.5 Å². The van der Waals surface area contributed by atoms with Gasteiger partial charge in [0.05, 0.1) is 20.3 Å². The van der Waals surface area contributed by atoms with Crippen LogP contribution in [0.1, 0.15) is 67.6 Å². The highest BCUT2D eigenvalue weighted by atomic mass is 28.4. The fourth-order valence-electron chi connectivity index (χ4n) is 4.39. The van der Waals surface area contributed by atoms with Gasteiger partial charge in [-0.1, -0.05) is 32.4 Å². The summed E-state index contributed by atoms with van der Waals surface area (Å²) in [6.45, 7) is 19.4. The van der Waals surface area contributed by atoms with Crippen LogP contribution in [0.3, 0.4) is 0 Å². The minimum Gasteiger partial charge on any atom is -0.543 e. The van der Waals surface area contributed by atoms with Gasteiger partial charge in [0.25, 0.3) is 8.32 Å². The second-order valence-electron chi connectivity index (χ2n) is 11.7. The zero-order chi connectivity index (χ0) is 28.1. The molecule has 1 aromatic carbocycles. The Morgan fingerprint density at radius 3 is 2.45 bits per heavy atom. The number of cyclic esters (lactones) is 1. The molecule has 0 bridgehead atoms. The number of fused-ring (bicyclic) bond motifs is 1. The highest BCUT2D eigenvalue weighted by Crippen LogP contribution is 2.46. The third-order valence-corrected chi connectivity index (χ3v) is 12.3. The number of nitrogens with zero attached hydrogens (tertiary/aromatic N) is 1. The molecule has 0 unspecified atom stereocenters. The van der Waals surface area contributed by atoms with Gasteiger partial charge in [0.15, 0.2) is 0 Å². The summed E-state index contributed by atoms with van der Waals surface area (Å²) < 4.78 is 28.8. The maximum atomic E-state index is 12.8. The van der Waals surface area contributed by atoms with Crippen molar-refractivity contribution in [1.82, 2.24) is 4.90 Å². The molecule has 0 spiro atoms. The molecule has 0 saturated carbocycles. The van der Waals surface area contributed by atoms with E-state index in [1.807, 2.05) is 13.8 Å². The lowest BCUT2D eigenvalue weighted by Gasteiger charge is -2.37. The molecule has 2 aliphatic heterocycles. The zero-order valence-corrected chi connectivity index (χ0v) is 25.5. The molecule has 2 aliphatic rings. The van der Waals surface area contributed by atoms with Gasteiger partial charge < -0.3 is 23.4 Å². The lowest BCUT2D eigenvalue weighted by Crippen LogP contribution is -2.44. The Bertz CT molecular complexity index is 1050. The van der Waals surface area contributed by atoms with E-state index in [-0.39, 0.29) is 23.6 Å². The minimum atomic E-state index is -2.27. The second-order valence-corrected chi connectivity index (χ2v) is 16.4. The summed E-state index contributed by atoms with van der Waals surface area (Å²) in [6.07, 6.45) is 3.53. The zero-order valence-electron chi connectivity index (χ0n) is 24.5. The van der Waals surface area contributed by atoms with E-state index >= 15 is 0 Å². The molecule has 212 valence electrons. The smallest absolute Gasteiger partial charge is 0.342 e. The van der Waals surface area contributed by atoms with E-state index in [2.05, 4.69) is 44.8 Å². The van der Waals surface area contributed by atoms with E-state index in [4.69, 9.17) is 23.4 Å². The van der Waals surface area contributed by atoms with Crippen molar-refractivity contribution < 1.29 is 33.0 Å². The Morgan fingerprint density at radius 1 is 1.13 bits per heavy atom. The molecule has 9 heteroatoms. The Balaban J connectivity index is 1.74. The number of benzene rings is 1. The van der Waals surface area contributed by atoms with Crippen molar-refractivity contribution in [3.63, 3.8) is 0 Å². The molecular weight excluding hydrogens is 502 g/mol. The molecule has 3 rings (SSSR count). The summed E-state index contributed by atoms with van der Waals surface area (Å²) in [6, 6.07) is 0. The van der Waals surface area contributed by atoms with E-state index in [1.54, 1.807) is 7.11 Å². The molecule has 0 aromatic heterocycles. The van der Waals surface area contributed by atoms with Crippen LogP contribution >= 0.6 is 0 Å². The molecule has 38 heavy (non-hydrogen) atoms. The van der Waals surface area contributed by atoms with Crippen LogP contribution in [-0.2, 0) is 32.0 Å². The first kappa shape index (κ1) is 30.2. The van der Waals surface area contributed by atoms with Crippen molar-refractivity contribution in [2.24, 2.45) is 0 Å². The average Bonchev–Trinajstić information content (AvgIpc) is 3.25.